The van der Waals surface area contributed by atoms with Gasteiger partial charge in [0.1, 0.15) is 12.4 Å². The van der Waals surface area contributed by atoms with E-state index in [-0.39, 0.29) is 35.4 Å². The number of ether oxygens (including phenoxy) is 2. The summed E-state index contributed by atoms with van der Waals surface area (Å²) in [6.45, 7) is 4.29. The highest BCUT2D eigenvalue weighted by molar-refractivity contribution is 7.89. The second-order valence-electron chi connectivity index (χ2n) is 9.14. The lowest BCUT2D eigenvalue weighted by molar-refractivity contribution is -0.126. The van der Waals surface area contributed by atoms with E-state index in [2.05, 4.69) is 5.32 Å². The molecule has 0 radical (unpaired) electrons. The molecule has 12 heteroatoms. The molecular formula is C25H33N3O7S2. The van der Waals surface area contributed by atoms with Gasteiger partial charge in [0.2, 0.25) is 26.0 Å². The number of nitrogens with one attached hydrogen (secondary N) is 1. The Bertz CT molecular complexity index is 1270. The van der Waals surface area contributed by atoms with Gasteiger partial charge in [0, 0.05) is 26.2 Å². The van der Waals surface area contributed by atoms with E-state index in [1.807, 2.05) is 6.92 Å². The fourth-order valence-electron chi connectivity index (χ4n) is 4.37. The van der Waals surface area contributed by atoms with Gasteiger partial charge in [-0.25, -0.2) is 16.8 Å². The van der Waals surface area contributed by atoms with Crippen molar-refractivity contribution in [3.63, 3.8) is 0 Å². The zero-order valence-electron chi connectivity index (χ0n) is 20.8. The predicted molar refractivity (Wildman–Crippen MR) is 137 cm³/mol. The Morgan fingerprint density at radius 3 is 2.16 bits per heavy atom. The van der Waals surface area contributed by atoms with Crippen molar-refractivity contribution >= 4 is 26.0 Å². The first-order valence-corrected chi connectivity index (χ1v) is 15.2. The number of sulfonamides is 2. The molecule has 2 heterocycles. The molecule has 0 aliphatic carbocycles. The quantitative estimate of drug-likeness (QED) is 0.470. The van der Waals surface area contributed by atoms with Crippen LogP contribution in [0.3, 0.4) is 0 Å². The Kier molecular flexibility index (Phi) is 8.86. The van der Waals surface area contributed by atoms with Crippen LogP contribution >= 0.6 is 0 Å². The molecule has 0 spiro atoms. The van der Waals surface area contributed by atoms with Gasteiger partial charge in [-0.1, -0.05) is 17.7 Å². The number of morpholine rings is 1. The molecule has 37 heavy (non-hydrogen) atoms. The Labute approximate surface area is 218 Å². The van der Waals surface area contributed by atoms with E-state index < -0.39 is 26.0 Å². The number of nitrogens with zero attached hydrogens (tertiary/aromatic N) is 2. The Balaban J connectivity index is 1.24. The smallest absolute Gasteiger partial charge is 0.243 e. The molecule has 1 amide bonds. The van der Waals surface area contributed by atoms with Crippen LogP contribution in [0, 0.1) is 12.8 Å². The minimum atomic E-state index is -3.65. The van der Waals surface area contributed by atoms with Crippen molar-refractivity contribution in [2.45, 2.75) is 29.6 Å². The number of carbonyl (C=O) groups excluding carboxylic acids is 1. The first kappa shape index (κ1) is 27.5. The van der Waals surface area contributed by atoms with Crippen LogP contribution < -0.4 is 10.1 Å². The largest absolute Gasteiger partial charge is 0.492 e. The molecule has 0 aromatic heterocycles. The van der Waals surface area contributed by atoms with E-state index in [4.69, 9.17) is 9.47 Å². The standard InChI is InChI=1S/C25H33N3O7S2/c1-20-4-8-23(9-5-20)37(32,33)28-13-2-3-21(19-28)25(29)26-12-16-35-22-6-10-24(11-7-22)36(30,31)27-14-17-34-18-15-27/h4-11,21H,2-3,12-19H2,1H3,(H,26,29)/t21-/m0/s1. The van der Waals surface area contributed by atoms with E-state index >= 15 is 0 Å². The maximum Gasteiger partial charge on any atom is 0.243 e. The van der Waals surface area contributed by atoms with Gasteiger partial charge in [0.15, 0.2) is 0 Å². The molecule has 0 saturated carbocycles. The fourth-order valence-corrected chi connectivity index (χ4v) is 7.30. The number of rotatable bonds is 9. The predicted octanol–water partition coefficient (Wildman–Crippen LogP) is 1.61. The van der Waals surface area contributed by atoms with Crippen LogP contribution in [-0.4, -0.2) is 83.9 Å². The third-order valence-electron chi connectivity index (χ3n) is 6.52. The molecule has 0 unspecified atom stereocenters. The molecule has 10 nitrogen and oxygen atoms in total. The highest BCUT2D eigenvalue weighted by Crippen LogP contribution is 2.24. The van der Waals surface area contributed by atoms with Gasteiger partial charge < -0.3 is 14.8 Å². The lowest BCUT2D eigenvalue weighted by atomic mass is 9.99. The van der Waals surface area contributed by atoms with E-state index in [0.717, 1.165) is 5.56 Å². The first-order valence-electron chi connectivity index (χ1n) is 12.3. The highest BCUT2D eigenvalue weighted by Gasteiger charge is 2.33. The average Bonchev–Trinajstić information content (AvgIpc) is 2.92. The van der Waals surface area contributed by atoms with Crippen LogP contribution in [0.15, 0.2) is 58.3 Å². The van der Waals surface area contributed by atoms with Gasteiger partial charge in [-0.05, 0) is 56.2 Å². The minimum Gasteiger partial charge on any atom is -0.492 e. The summed E-state index contributed by atoms with van der Waals surface area (Å²) in [5, 5.41) is 2.82. The van der Waals surface area contributed by atoms with Gasteiger partial charge >= 0.3 is 0 Å². The van der Waals surface area contributed by atoms with Gasteiger partial charge in [-0.15, -0.1) is 0 Å². The summed E-state index contributed by atoms with van der Waals surface area (Å²) in [6, 6.07) is 12.9. The third-order valence-corrected chi connectivity index (χ3v) is 10.3. The van der Waals surface area contributed by atoms with Crippen molar-refractivity contribution in [3.05, 3.63) is 54.1 Å². The molecule has 202 valence electrons. The zero-order chi connectivity index (χ0) is 26.5. The zero-order valence-corrected chi connectivity index (χ0v) is 22.5. The molecular weight excluding hydrogens is 518 g/mol. The van der Waals surface area contributed by atoms with Gasteiger partial charge in [0.05, 0.1) is 35.5 Å². The number of carbonyl (C=O) groups is 1. The number of amides is 1. The number of piperidine rings is 1. The molecule has 1 N–H and O–H groups in total. The molecule has 2 aromatic carbocycles. The molecule has 2 saturated heterocycles. The Hall–Kier alpha value is -2.51. The van der Waals surface area contributed by atoms with Crippen molar-refractivity contribution in [2.75, 3.05) is 52.5 Å². The van der Waals surface area contributed by atoms with Crippen molar-refractivity contribution in [1.29, 1.82) is 0 Å². The molecule has 1 atom stereocenters. The van der Waals surface area contributed by atoms with Crippen LogP contribution in [0.4, 0.5) is 0 Å². The van der Waals surface area contributed by atoms with Crippen LogP contribution in [-0.2, 0) is 29.6 Å². The molecule has 2 aliphatic rings. The summed E-state index contributed by atoms with van der Waals surface area (Å²) in [7, 11) is -7.22. The maximum atomic E-state index is 13.0. The molecule has 4 rings (SSSR count). The van der Waals surface area contributed by atoms with E-state index in [1.165, 1.54) is 20.7 Å². The molecule has 2 aliphatic heterocycles. The monoisotopic (exact) mass is 551 g/mol. The summed E-state index contributed by atoms with van der Waals surface area (Å²) < 4.78 is 65.0. The average molecular weight is 552 g/mol. The lowest BCUT2D eigenvalue weighted by Crippen LogP contribution is -2.45. The van der Waals surface area contributed by atoms with Crippen molar-refractivity contribution < 1.29 is 31.1 Å². The summed E-state index contributed by atoms with van der Waals surface area (Å²) >= 11 is 0. The topological polar surface area (TPSA) is 122 Å². The Morgan fingerprint density at radius 1 is 0.919 bits per heavy atom. The van der Waals surface area contributed by atoms with Gasteiger partial charge in [-0.2, -0.15) is 8.61 Å². The van der Waals surface area contributed by atoms with Gasteiger partial charge in [0.25, 0.3) is 0 Å². The number of hydrogen-bond donors (Lipinski definition) is 1. The normalized spacial score (nSPS) is 19.9. The van der Waals surface area contributed by atoms with E-state index in [9.17, 15) is 21.6 Å². The van der Waals surface area contributed by atoms with Crippen molar-refractivity contribution in [2.24, 2.45) is 5.92 Å². The fraction of sp³-hybridized carbons (Fsp3) is 0.480. The van der Waals surface area contributed by atoms with Crippen LogP contribution in [0.5, 0.6) is 5.75 Å². The minimum absolute atomic E-state index is 0.141. The van der Waals surface area contributed by atoms with Crippen molar-refractivity contribution in [1.82, 2.24) is 13.9 Å². The second-order valence-corrected chi connectivity index (χ2v) is 13.0. The van der Waals surface area contributed by atoms with Crippen LogP contribution in [0.25, 0.3) is 0 Å². The molecule has 2 aromatic rings. The van der Waals surface area contributed by atoms with E-state index in [0.29, 0.717) is 51.4 Å². The number of benzene rings is 2. The number of aryl methyl sites for hydroxylation is 1. The van der Waals surface area contributed by atoms with Crippen molar-refractivity contribution in [3.8, 4) is 5.75 Å². The summed E-state index contributed by atoms with van der Waals surface area (Å²) in [4.78, 5) is 13.1. The molecule has 0 bridgehead atoms. The number of hydrogen-bond acceptors (Lipinski definition) is 7. The summed E-state index contributed by atoms with van der Waals surface area (Å²) in [5.41, 5.74) is 0.978. The van der Waals surface area contributed by atoms with E-state index in [1.54, 1.807) is 36.4 Å². The summed E-state index contributed by atoms with van der Waals surface area (Å²) in [6.07, 6.45) is 1.23. The third kappa shape index (κ3) is 6.68. The van der Waals surface area contributed by atoms with Crippen LogP contribution in [0.2, 0.25) is 0 Å². The van der Waals surface area contributed by atoms with Crippen LogP contribution in [0.1, 0.15) is 18.4 Å². The lowest BCUT2D eigenvalue weighted by Gasteiger charge is -2.31. The second kappa shape index (κ2) is 11.9. The highest BCUT2D eigenvalue weighted by atomic mass is 32.2. The Morgan fingerprint density at radius 2 is 1.51 bits per heavy atom. The SMILES string of the molecule is Cc1ccc(S(=O)(=O)N2CCC[C@H](C(=O)NCCOc3ccc(S(=O)(=O)N4CCOCC4)cc3)C2)cc1. The molecule has 2 fully saturated rings. The summed E-state index contributed by atoms with van der Waals surface area (Å²) in [5.74, 6) is -0.152. The first-order chi connectivity index (χ1) is 17.7. The van der Waals surface area contributed by atoms with Gasteiger partial charge in [-0.3, -0.25) is 4.79 Å². The maximum absolute atomic E-state index is 13.0.